The average Bonchev–Trinajstić information content (AvgIpc) is 2.58. The van der Waals surface area contributed by atoms with E-state index in [1.807, 2.05) is 6.08 Å². The Balaban J connectivity index is 5.63. The van der Waals surface area contributed by atoms with Crippen LogP contribution in [-0.4, -0.2) is 33.2 Å². The van der Waals surface area contributed by atoms with Crippen LogP contribution in [0.15, 0.2) is 24.4 Å². The van der Waals surface area contributed by atoms with Gasteiger partial charge in [0.05, 0.1) is 21.3 Å². The van der Waals surface area contributed by atoms with Gasteiger partial charge in [-0.3, -0.25) is 9.59 Å². The van der Waals surface area contributed by atoms with Crippen LogP contribution < -0.4 is 0 Å². The molecule has 0 saturated carbocycles. The third kappa shape index (κ3) is 5.62. The molecule has 0 heterocycles. The molecule has 0 radical (unpaired) electrons. The van der Waals surface area contributed by atoms with Crippen molar-refractivity contribution in [1.29, 1.82) is 0 Å². The predicted molar refractivity (Wildman–Crippen MR) is 101 cm³/mol. The van der Waals surface area contributed by atoms with Gasteiger partial charge >= 0.3 is 11.9 Å². The molecule has 0 fully saturated rings. The molecule has 0 aliphatic heterocycles. The molecule has 0 unspecified atom stereocenters. The molecule has 0 aliphatic rings. The number of esters is 2. The number of carbonyl (C=O) groups excluding carboxylic acids is 2. The number of rotatable bonds is 12. The molecule has 4 nitrogen and oxygen atoms in total. The van der Waals surface area contributed by atoms with E-state index in [0.29, 0.717) is 6.42 Å². The van der Waals surface area contributed by atoms with Crippen molar-refractivity contribution in [3.63, 3.8) is 0 Å². The summed E-state index contributed by atoms with van der Waals surface area (Å²) in [6.45, 7) is 14.3. The summed E-state index contributed by atoms with van der Waals surface area (Å²) in [5.41, 5.74) is 0.961. The molecule has 0 aliphatic carbocycles. The second-order valence-electron chi connectivity index (χ2n) is 6.05. The lowest BCUT2D eigenvalue weighted by atomic mass is 9.81. The van der Waals surface area contributed by atoms with Crippen molar-refractivity contribution in [2.75, 3.05) is 13.2 Å². The summed E-state index contributed by atoms with van der Waals surface area (Å²) < 4.78 is 10.4. The van der Waals surface area contributed by atoms with Crippen molar-refractivity contribution in [1.82, 2.24) is 0 Å². The van der Waals surface area contributed by atoms with Crippen molar-refractivity contribution < 1.29 is 19.1 Å². The summed E-state index contributed by atoms with van der Waals surface area (Å²) >= 11 is 0. The smallest absolute Gasteiger partial charge is 0.324 e. The topological polar surface area (TPSA) is 52.6 Å². The summed E-state index contributed by atoms with van der Waals surface area (Å²) in [4.78, 5) is 25.1. The molecule has 0 aromatic heterocycles. The fraction of sp³-hybridized carbons (Fsp3) is 0.684. The van der Waals surface area contributed by atoms with Gasteiger partial charge in [-0.25, -0.2) is 0 Å². The van der Waals surface area contributed by atoms with Gasteiger partial charge in [-0.2, -0.15) is 0 Å². The number of hydrogen-bond donors (Lipinski definition) is 0. The molecule has 138 valence electrons. The zero-order valence-electron chi connectivity index (χ0n) is 16.0. The Kier molecular flexibility index (Phi) is 10.6. The van der Waals surface area contributed by atoms with E-state index in [2.05, 4.69) is 33.0 Å². The first-order valence-electron chi connectivity index (χ1n) is 9.04. The molecular weight excluding hydrogens is 320 g/mol. The Morgan fingerprint density at radius 2 is 1.38 bits per heavy atom. The van der Waals surface area contributed by atoms with Crippen LogP contribution in [0.2, 0.25) is 18.1 Å². The summed E-state index contributed by atoms with van der Waals surface area (Å²) in [6.07, 6.45) is 4.10. The van der Waals surface area contributed by atoms with E-state index >= 15 is 0 Å². The van der Waals surface area contributed by atoms with E-state index in [9.17, 15) is 9.59 Å². The van der Waals surface area contributed by atoms with E-state index in [1.165, 1.54) is 0 Å². The van der Waals surface area contributed by atoms with Crippen molar-refractivity contribution in [3.05, 3.63) is 24.4 Å². The molecule has 0 rings (SSSR count). The van der Waals surface area contributed by atoms with Crippen molar-refractivity contribution >= 4 is 20.0 Å². The van der Waals surface area contributed by atoms with Gasteiger partial charge in [0.15, 0.2) is 5.41 Å². The maximum Gasteiger partial charge on any atom is 0.324 e. The van der Waals surface area contributed by atoms with Gasteiger partial charge in [0.1, 0.15) is 0 Å². The standard InChI is InChI=1S/C19H34O4Si/c1-7-14-19(17(20)22-8-2,18(21)23-9-3)15-13-16-24(10-4,11-5)12-6/h7,13,16H,1,8-12,14-15H2,2-6H3/b16-13+. The van der Waals surface area contributed by atoms with Crippen LogP contribution >= 0.6 is 0 Å². The maximum absolute atomic E-state index is 12.5. The number of carbonyl (C=O) groups is 2. The van der Waals surface area contributed by atoms with Crippen LogP contribution in [0, 0.1) is 5.41 Å². The highest BCUT2D eigenvalue weighted by molar-refractivity contribution is 6.84. The Morgan fingerprint density at radius 1 is 0.917 bits per heavy atom. The van der Waals surface area contributed by atoms with Gasteiger partial charge in [0.2, 0.25) is 0 Å². The van der Waals surface area contributed by atoms with Crippen LogP contribution in [0.5, 0.6) is 0 Å². The Hall–Kier alpha value is -1.36. The maximum atomic E-state index is 12.5. The van der Waals surface area contributed by atoms with E-state index < -0.39 is 25.4 Å². The lowest BCUT2D eigenvalue weighted by Crippen LogP contribution is -2.41. The molecule has 0 amide bonds. The second kappa shape index (κ2) is 11.2. The highest BCUT2D eigenvalue weighted by Crippen LogP contribution is 2.33. The molecule has 0 N–H and O–H groups in total. The van der Waals surface area contributed by atoms with E-state index in [0.717, 1.165) is 18.1 Å². The van der Waals surface area contributed by atoms with E-state index in [1.54, 1.807) is 19.9 Å². The first-order valence-corrected chi connectivity index (χ1v) is 11.7. The predicted octanol–water partition coefficient (Wildman–Crippen LogP) is 4.67. The summed E-state index contributed by atoms with van der Waals surface area (Å²) in [7, 11) is -1.46. The molecule has 0 spiro atoms. The molecule has 0 saturated heterocycles. The minimum Gasteiger partial charge on any atom is -0.465 e. The Bertz CT molecular complexity index is 412. The minimum absolute atomic E-state index is 0.216. The first kappa shape index (κ1) is 22.6. The summed E-state index contributed by atoms with van der Waals surface area (Å²) in [5.74, 6) is -1.05. The number of ether oxygens (including phenoxy) is 2. The van der Waals surface area contributed by atoms with Crippen LogP contribution in [0.4, 0.5) is 0 Å². The average molecular weight is 355 g/mol. The van der Waals surface area contributed by atoms with Gasteiger partial charge in [0.25, 0.3) is 0 Å². The monoisotopic (exact) mass is 354 g/mol. The third-order valence-corrected chi connectivity index (χ3v) is 10.0. The Labute approximate surface area is 148 Å². The second-order valence-corrected chi connectivity index (χ2v) is 11.2. The SMILES string of the molecule is C=CCC(C/C=C/[Si](CC)(CC)CC)(C(=O)OCC)C(=O)OCC. The molecular formula is C19H34O4Si. The van der Waals surface area contributed by atoms with Crippen molar-refractivity contribution in [2.45, 2.75) is 65.6 Å². The highest BCUT2D eigenvalue weighted by Gasteiger charge is 2.47. The zero-order valence-corrected chi connectivity index (χ0v) is 17.0. The van der Waals surface area contributed by atoms with Gasteiger partial charge in [-0.15, -0.1) is 6.58 Å². The van der Waals surface area contributed by atoms with Crippen molar-refractivity contribution in [2.24, 2.45) is 5.41 Å². The molecule has 0 atom stereocenters. The van der Waals surface area contributed by atoms with Crippen LogP contribution in [0.1, 0.15) is 47.5 Å². The summed E-state index contributed by atoms with van der Waals surface area (Å²) in [6, 6.07) is 3.47. The molecule has 0 bridgehead atoms. The molecule has 5 heteroatoms. The molecule has 24 heavy (non-hydrogen) atoms. The lowest BCUT2D eigenvalue weighted by Gasteiger charge is -2.28. The minimum atomic E-state index is -1.46. The van der Waals surface area contributed by atoms with Crippen LogP contribution in [0.25, 0.3) is 0 Å². The van der Waals surface area contributed by atoms with Crippen molar-refractivity contribution in [3.8, 4) is 0 Å². The molecule has 0 aromatic carbocycles. The normalized spacial score (nSPS) is 12.2. The van der Waals surface area contributed by atoms with Gasteiger partial charge in [0, 0.05) is 0 Å². The van der Waals surface area contributed by atoms with E-state index in [-0.39, 0.29) is 19.6 Å². The number of allylic oxidation sites excluding steroid dienone is 2. The van der Waals surface area contributed by atoms with Gasteiger partial charge in [-0.1, -0.05) is 56.8 Å². The third-order valence-electron chi connectivity index (χ3n) is 4.88. The first-order chi connectivity index (χ1) is 11.4. The molecule has 0 aromatic rings. The largest absolute Gasteiger partial charge is 0.465 e. The fourth-order valence-electron chi connectivity index (χ4n) is 2.90. The Morgan fingerprint density at radius 3 is 1.71 bits per heavy atom. The van der Waals surface area contributed by atoms with Crippen LogP contribution in [-0.2, 0) is 19.1 Å². The fourth-order valence-corrected chi connectivity index (χ4v) is 5.72. The van der Waals surface area contributed by atoms with E-state index in [4.69, 9.17) is 9.47 Å². The lowest BCUT2D eigenvalue weighted by molar-refractivity contribution is -0.171. The zero-order chi connectivity index (χ0) is 18.6. The quantitative estimate of drug-likeness (QED) is 0.221. The van der Waals surface area contributed by atoms with Crippen LogP contribution in [0.3, 0.4) is 0 Å². The number of hydrogen-bond acceptors (Lipinski definition) is 4. The van der Waals surface area contributed by atoms with Gasteiger partial charge in [-0.05, 0) is 26.7 Å². The summed E-state index contributed by atoms with van der Waals surface area (Å²) in [5, 5.41) is 0. The van der Waals surface area contributed by atoms with Gasteiger partial charge < -0.3 is 9.47 Å². The highest BCUT2D eigenvalue weighted by atomic mass is 28.3.